The Labute approximate surface area is 173 Å². The molecular weight excluding hydrogens is 364 g/mol. The van der Waals surface area contributed by atoms with Gasteiger partial charge < -0.3 is 19.3 Å². The normalized spacial score (nSPS) is 17.4. The third-order valence-corrected chi connectivity index (χ3v) is 6.03. The van der Waals surface area contributed by atoms with E-state index in [-0.39, 0.29) is 5.91 Å². The van der Waals surface area contributed by atoms with Crippen molar-refractivity contribution in [3.63, 3.8) is 0 Å². The minimum Gasteiger partial charge on any atom is -0.497 e. The highest BCUT2D eigenvalue weighted by atomic mass is 16.5. The second-order valence-electron chi connectivity index (χ2n) is 7.87. The first-order chi connectivity index (χ1) is 14.2. The van der Waals surface area contributed by atoms with Crippen LogP contribution >= 0.6 is 0 Å². The van der Waals surface area contributed by atoms with E-state index >= 15 is 0 Å². The molecule has 1 unspecified atom stereocenters. The maximum atomic E-state index is 13.0. The van der Waals surface area contributed by atoms with Gasteiger partial charge in [0.25, 0.3) is 5.91 Å². The average molecular weight is 395 g/mol. The van der Waals surface area contributed by atoms with Crippen LogP contribution in [-0.2, 0) is 17.6 Å². The van der Waals surface area contributed by atoms with Gasteiger partial charge in [-0.1, -0.05) is 12.1 Å². The van der Waals surface area contributed by atoms with Crippen molar-refractivity contribution in [2.24, 2.45) is 0 Å². The van der Waals surface area contributed by atoms with E-state index in [1.807, 2.05) is 36.1 Å². The minimum atomic E-state index is -0.462. The molecule has 0 spiro atoms. The van der Waals surface area contributed by atoms with Crippen LogP contribution in [0.25, 0.3) is 0 Å². The fourth-order valence-electron chi connectivity index (χ4n) is 4.33. The molecule has 2 aromatic carbocycles. The minimum absolute atomic E-state index is 0.0767. The quantitative estimate of drug-likeness (QED) is 0.776. The summed E-state index contributed by atoms with van der Waals surface area (Å²) in [6.45, 7) is 4.95. The number of methoxy groups -OCH3 is 1. The molecule has 1 fully saturated rings. The Morgan fingerprint density at radius 3 is 2.41 bits per heavy atom. The number of hydrogen-bond acceptors (Lipinski definition) is 4. The summed E-state index contributed by atoms with van der Waals surface area (Å²) in [6.07, 6.45) is 4.14. The number of anilines is 1. The number of benzene rings is 2. The number of carbonyl (C=O) groups excluding carboxylic acids is 1. The van der Waals surface area contributed by atoms with E-state index in [0.717, 1.165) is 43.1 Å². The highest BCUT2D eigenvalue weighted by Crippen LogP contribution is 2.30. The molecule has 2 aliphatic rings. The number of fused-ring (bicyclic) bond motifs is 1. The first kappa shape index (κ1) is 19.6. The van der Waals surface area contributed by atoms with E-state index in [1.54, 1.807) is 7.11 Å². The van der Waals surface area contributed by atoms with Crippen LogP contribution in [0.3, 0.4) is 0 Å². The zero-order chi connectivity index (χ0) is 20.2. The zero-order valence-corrected chi connectivity index (χ0v) is 17.4. The Kier molecular flexibility index (Phi) is 5.93. The van der Waals surface area contributed by atoms with Crippen molar-refractivity contribution in [3.8, 4) is 11.5 Å². The molecule has 154 valence electrons. The highest BCUT2D eigenvalue weighted by molar-refractivity contribution is 5.81. The lowest BCUT2D eigenvalue weighted by Crippen LogP contribution is -2.52. The Hall–Kier alpha value is -2.69. The molecule has 29 heavy (non-hydrogen) atoms. The summed E-state index contributed by atoms with van der Waals surface area (Å²) in [4.78, 5) is 17.2. The summed E-state index contributed by atoms with van der Waals surface area (Å²) in [5.41, 5.74) is 3.84. The van der Waals surface area contributed by atoms with E-state index < -0.39 is 6.10 Å². The van der Waals surface area contributed by atoms with Crippen LogP contribution in [0.4, 0.5) is 5.69 Å². The number of carbonyl (C=O) groups is 1. The molecule has 2 aromatic rings. The highest BCUT2D eigenvalue weighted by Gasteiger charge is 2.27. The average Bonchev–Trinajstić information content (AvgIpc) is 2.79. The molecule has 5 heteroatoms. The van der Waals surface area contributed by atoms with Crippen LogP contribution in [0.1, 0.15) is 30.9 Å². The van der Waals surface area contributed by atoms with Crippen molar-refractivity contribution in [1.29, 1.82) is 0 Å². The van der Waals surface area contributed by atoms with Crippen LogP contribution in [-0.4, -0.2) is 50.2 Å². The third kappa shape index (κ3) is 4.34. The molecule has 1 aliphatic carbocycles. The lowest BCUT2D eigenvalue weighted by molar-refractivity contribution is -0.138. The largest absolute Gasteiger partial charge is 0.497 e. The van der Waals surface area contributed by atoms with Gasteiger partial charge in [-0.2, -0.15) is 0 Å². The zero-order valence-electron chi connectivity index (χ0n) is 17.4. The topological polar surface area (TPSA) is 42.0 Å². The second kappa shape index (κ2) is 8.76. The van der Waals surface area contributed by atoms with Gasteiger partial charge in [0.05, 0.1) is 7.11 Å². The summed E-state index contributed by atoms with van der Waals surface area (Å²) in [5, 5.41) is 0. The number of hydrogen-bond donors (Lipinski definition) is 0. The van der Waals surface area contributed by atoms with Crippen molar-refractivity contribution in [3.05, 3.63) is 53.6 Å². The van der Waals surface area contributed by atoms with E-state index in [9.17, 15) is 4.79 Å². The maximum Gasteiger partial charge on any atom is 0.263 e. The van der Waals surface area contributed by atoms with Gasteiger partial charge in [0.1, 0.15) is 11.5 Å². The number of amides is 1. The van der Waals surface area contributed by atoms with Crippen molar-refractivity contribution in [2.45, 2.75) is 38.7 Å². The van der Waals surface area contributed by atoms with Gasteiger partial charge in [-0.3, -0.25) is 4.79 Å². The Balaban J connectivity index is 1.34. The van der Waals surface area contributed by atoms with Crippen LogP contribution < -0.4 is 14.4 Å². The van der Waals surface area contributed by atoms with Gasteiger partial charge >= 0.3 is 0 Å². The molecule has 1 aliphatic heterocycles. The first-order valence-corrected chi connectivity index (χ1v) is 10.6. The molecule has 5 nitrogen and oxygen atoms in total. The van der Waals surface area contributed by atoms with Crippen LogP contribution in [0.5, 0.6) is 11.5 Å². The van der Waals surface area contributed by atoms with Crippen LogP contribution in [0, 0.1) is 0 Å². The molecule has 1 atom stereocenters. The fraction of sp³-hybridized carbons (Fsp3) is 0.458. The summed E-state index contributed by atoms with van der Waals surface area (Å²) < 4.78 is 11.4. The van der Waals surface area contributed by atoms with E-state index in [1.165, 1.54) is 24.0 Å². The Bertz CT molecular complexity index is 842. The molecule has 0 N–H and O–H groups in total. The number of piperazine rings is 1. The summed E-state index contributed by atoms with van der Waals surface area (Å²) >= 11 is 0. The molecular formula is C24H30N2O3. The molecule has 1 saturated heterocycles. The van der Waals surface area contributed by atoms with E-state index in [4.69, 9.17) is 9.47 Å². The van der Waals surface area contributed by atoms with Crippen molar-refractivity contribution in [2.75, 3.05) is 38.2 Å². The molecule has 0 aromatic heterocycles. The predicted octanol–water partition coefficient (Wildman–Crippen LogP) is 3.69. The number of rotatable bonds is 5. The van der Waals surface area contributed by atoms with E-state index in [2.05, 4.69) is 23.1 Å². The van der Waals surface area contributed by atoms with Crippen molar-refractivity contribution < 1.29 is 14.3 Å². The van der Waals surface area contributed by atoms with Crippen LogP contribution in [0.15, 0.2) is 42.5 Å². The molecule has 0 radical (unpaired) electrons. The van der Waals surface area contributed by atoms with Crippen LogP contribution in [0.2, 0.25) is 0 Å². The Morgan fingerprint density at radius 1 is 0.966 bits per heavy atom. The van der Waals surface area contributed by atoms with Gasteiger partial charge in [-0.15, -0.1) is 0 Å². The molecule has 0 bridgehead atoms. The second-order valence-corrected chi connectivity index (χ2v) is 7.87. The molecule has 1 heterocycles. The van der Waals surface area contributed by atoms with Gasteiger partial charge in [-0.25, -0.2) is 0 Å². The number of aryl methyl sites for hydroxylation is 1. The standard InChI is InChI=1S/C24H30N2O3/c1-18(29-23-9-5-7-19-6-3-4-8-22(19)23)24(27)26-16-14-25(15-17-26)20-10-12-21(28-2)13-11-20/h5,7,9-13,18H,3-4,6,8,14-17H2,1-2H3. The monoisotopic (exact) mass is 394 g/mol. The van der Waals surface area contributed by atoms with Gasteiger partial charge in [0.15, 0.2) is 6.10 Å². The lowest BCUT2D eigenvalue weighted by Gasteiger charge is -2.37. The summed E-state index contributed by atoms with van der Waals surface area (Å²) in [7, 11) is 1.67. The molecule has 4 rings (SSSR count). The van der Waals surface area contributed by atoms with Crippen molar-refractivity contribution >= 4 is 11.6 Å². The van der Waals surface area contributed by atoms with Gasteiger partial charge in [0, 0.05) is 31.9 Å². The maximum absolute atomic E-state index is 13.0. The Morgan fingerprint density at radius 2 is 1.69 bits per heavy atom. The summed E-state index contributed by atoms with van der Waals surface area (Å²) in [5.74, 6) is 1.82. The van der Waals surface area contributed by atoms with Crippen molar-refractivity contribution in [1.82, 2.24) is 4.90 Å². The molecule has 0 saturated carbocycles. The number of nitrogens with zero attached hydrogens (tertiary/aromatic N) is 2. The van der Waals surface area contributed by atoms with E-state index in [0.29, 0.717) is 13.1 Å². The smallest absolute Gasteiger partial charge is 0.263 e. The third-order valence-electron chi connectivity index (χ3n) is 6.03. The molecule has 1 amide bonds. The first-order valence-electron chi connectivity index (χ1n) is 10.6. The van der Waals surface area contributed by atoms with Gasteiger partial charge in [0.2, 0.25) is 0 Å². The predicted molar refractivity (Wildman–Crippen MR) is 115 cm³/mol. The summed E-state index contributed by atoms with van der Waals surface area (Å²) in [6, 6.07) is 14.3. The lowest BCUT2D eigenvalue weighted by atomic mass is 9.91. The fourth-order valence-corrected chi connectivity index (χ4v) is 4.33. The SMILES string of the molecule is COc1ccc(N2CCN(C(=O)C(C)Oc3cccc4c3CCCC4)CC2)cc1. The number of ether oxygens (including phenoxy) is 2. The van der Waals surface area contributed by atoms with Gasteiger partial charge in [-0.05, 0) is 74.1 Å².